The summed E-state index contributed by atoms with van der Waals surface area (Å²) in [5.74, 6) is 1.58. The van der Waals surface area contributed by atoms with Crippen molar-refractivity contribution in [1.82, 2.24) is 5.32 Å². The molecule has 3 nitrogen and oxygen atoms in total. The van der Waals surface area contributed by atoms with E-state index in [0.717, 1.165) is 45.1 Å². The maximum atomic E-state index is 12.9. The molecule has 0 radical (unpaired) electrons. The Morgan fingerprint density at radius 2 is 1.06 bits per heavy atom. The number of amides is 1. The van der Waals surface area contributed by atoms with Crippen molar-refractivity contribution >= 4 is 11.7 Å². The number of nitrogens with one attached hydrogen (secondary N) is 1. The molecule has 1 atom stereocenters. The first kappa shape index (κ1) is 33.1. The number of ketones is 1. The average Bonchev–Trinajstić information content (AvgIpc) is 2.83. The van der Waals surface area contributed by atoms with E-state index in [-0.39, 0.29) is 5.91 Å². The quantitative estimate of drug-likeness (QED) is 0.125. The summed E-state index contributed by atoms with van der Waals surface area (Å²) < 4.78 is 0. The van der Waals surface area contributed by atoms with Crippen molar-refractivity contribution < 1.29 is 9.59 Å². The van der Waals surface area contributed by atoms with Crippen molar-refractivity contribution in [2.45, 2.75) is 169 Å². The van der Waals surface area contributed by atoms with Crippen LogP contribution in [0, 0.1) is 11.8 Å². The zero-order valence-electron chi connectivity index (χ0n) is 23.7. The Bertz CT molecular complexity index is 450. The summed E-state index contributed by atoms with van der Waals surface area (Å²) in [7, 11) is 0. The molecule has 0 aromatic carbocycles. The molecule has 0 aliphatic rings. The second-order valence-electron chi connectivity index (χ2n) is 10.7. The first-order valence-corrected chi connectivity index (χ1v) is 15.4. The van der Waals surface area contributed by atoms with Crippen LogP contribution in [0.3, 0.4) is 0 Å². The van der Waals surface area contributed by atoms with Crippen LogP contribution in [0.1, 0.15) is 169 Å². The van der Waals surface area contributed by atoms with Crippen molar-refractivity contribution in [3.8, 4) is 0 Å². The van der Waals surface area contributed by atoms with Crippen LogP contribution in [-0.4, -0.2) is 18.2 Å². The highest BCUT2D eigenvalue weighted by Gasteiger charge is 2.17. The summed E-state index contributed by atoms with van der Waals surface area (Å²) >= 11 is 0. The average molecular weight is 480 g/mol. The number of rotatable bonds is 26. The van der Waals surface area contributed by atoms with Crippen molar-refractivity contribution in [1.29, 1.82) is 0 Å². The van der Waals surface area contributed by atoms with Gasteiger partial charge in [-0.15, -0.1) is 0 Å². The van der Waals surface area contributed by atoms with Crippen molar-refractivity contribution in [3.63, 3.8) is 0 Å². The highest BCUT2D eigenvalue weighted by molar-refractivity contribution is 5.80. The fourth-order valence-corrected chi connectivity index (χ4v) is 4.99. The van der Waals surface area contributed by atoms with Gasteiger partial charge in [0.05, 0.1) is 0 Å². The number of Topliss-reactive ketones (excluding diaryl/α,β-unsaturated/α-hetero) is 1. The van der Waals surface area contributed by atoms with Crippen molar-refractivity contribution in [2.24, 2.45) is 11.8 Å². The van der Waals surface area contributed by atoms with E-state index in [1.807, 2.05) is 0 Å². The zero-order chi connectivity index (χ0) is 25.3. The molecule has 0 heterocycles. The monoisotopic (exact) mass is 479 g/mol. The molecule has 0 aliphatic carbocycles. The van der Waals surface area contributed by atoms with E-state index in [0.29, 0.717) is 24.0 Å². The van der Waals surface area contributed by atoms with Gasteiger partial charge in [-0.2, -0.15) is 0 Å². The van der Waals surface area contributed by atoms with Gasteiger partial charge >= 0.3 is 0 Å². The summed E-state index contributed by atoms with van der Waals surface area (Å²) in [5, 5.41) is 3.15. The minimum absolute atomic E-state index is 0.230. The fraction of sp³-hybridized carbons (Fsp3) is 0.935. The molecule has 0 bridgehead atoms. The fourth-order valence-electron chi connectivity index (χ4n) is 4.99. The van der Waals surface area contributed by atoms with Gasteiger partial charge in [0.15, 0.2) is 0 Å². The Hall–Kier alpha value is -0.860. The first-order valence-electron chi connectivity index (χ1n) is 15.4. The zero-order valence-corrected chi connectivity index (χ0v) is 23.7. The summed E-state index contributed by atoms with van der Waals surface area (Å²) in [4.78, 5) is 25.3. The van der Waals surface area contributed by atoms with Crippen LogP contribution in [0.15, 0.2) is 0 Å². The van der Waals surface area contributed by atoms with Gasteiger partial charge in [0.1, 0.15) is 5.78 Å². The first-order chi connectivity index (χ1) is 16.6. The van der Waals surface area contributed by atoms with Gasteiger partial charge in [-0.1, -0.05) is 118 Å². The van der Waals surface area contributed by atoms with E-state index < -0.39 is 0 Å². The third-order valence-corrected chi connectivity index (χ3v) is 7.35. The third-order valence-electron chi connectivity index (χ3n) is 7.35. The van der Waals surface area contributed by atoms with E-state index in [9.17, 15) is 9.59 Å². The van der Waals surface area contributed by atoms with Crippen LogP contribution in [0.5, 0.6) is 0 Å². The Kier molecular flexibility index (Phi) is 24.6. The second kappa shape index (κ2) is 25.2. The summed E-state index contributed by atoms with van der Waals surface area (Å²) in [5.41, 5.74) is 0. The van der Waals surface area contributed by atoms with E-state index in [1.165, 1.54) is 96.3 Å². The second-order valence-corrected chi connectivity index (χ2v) is 10.7. The van der Waals surface area contributed by atoms with E-state index >= 15 is 0 Å². The molecule has 1 N–H and O–H groups in total. The van der Waals surface area contributed by atoms with Crippen LogP contribution in [-0.2, 0) is 9.59 Å². The minimum atomic E-state index is 0.230. The number of hydrogen-bond donors (Lipinski definition) is 1. The molecular weight excluding hydrogens is 418 g/mol. The van der Waals surface area contributed by atoms with Gasteiger partial charge in [-0.3, -0.25) is 9.59 Å². The SMILES string of the molecule is CCCCCCC(CCCCCC)C(=O)CCCCCNC(=O)CC(CCCC)CCCCC. The Morgan fingerprint density at radius 3 is 1.65 bits per heavy atom. The molecule has 0 aliphatic heterocycles. The summed E-state index contributed by atoms with van der Waals surface area (Å²) in [6.45, 7) is 9.72. The van der Waals surface area contributed by atoms with Crippen LogP contribution < -0.4 is 5.32 Å². The van der Waals surface area contributed by atoms with Gasteiger partial charge in [0.2, 0.25) is 5.91 Å². The van der Waals surface area contributed by atoms with Crippen LogP contribution in [0.4, 0.5) is 0 Å². The van der Waals surface area contributed by atoms with Crippen LogP contribution in [0.2, 0.25) is 0 Å². The van der Waals surface area contributed by atoms with E-state index in [2.05, 4.69) is 33.0 Å². The van der Waals surface area contributed by atoms with Gasteiger partial charge in [0, 0.05) is 25.3 Å². The standard InChI is InChI=1S/C31H61NO2/c1-5-9-13-17-23-29(24-18-14-10-6-2)30(33)25-19-15-20-26-32-31(34)27-28(21-12-8-4)22-16-11-7-3/h28-29H,5-27H2,1-4H3,(H,32,34). The predicted molar refractivity (Wildman–Crippen MR) is 149 cm³/mol. The number of carbonyl (C=O) groups excluding carboxylic acids is 2. The molecule has 1 amide bonds. The minimum Gasteiger partial charge on any atom is -0.356 e. The predicted octanol–water partition coefficient (Wildman–Crippen LogP) is 9.57. The Balaban J connectivity index is 4.12. The lowest BCUT2D eigenvalue weighted by Gasteiger charge is -2.17. The summed E-state index contributed by atoms with van der Waals surface area (Å²) in [6.07, 6.45) is 25.3. The summed E-state index contributed by atoms with van der Waals surface area (Å²) in [6, 6.07) is 0. The van der Waals surface area contributed by atoms with Gasteiger partial charge in [0.25, 0.3) is 0 Å². The smallest absolute Gasteiger partial charge is 0.220 e. The largest absolute Gasteiger partial charge is 0.356 e. The molecule has 0 saturated heterocycles. The maximum absolute atomic E-state index is 12.9. The molecule has 0 spiro atoms. The van der Waals surface area contributed by atoms with Gasteiger partial charge in [-0.05, 0) is 44.4 Å². The van der Waals surface area contributed by atoms with Crippen molar-refractivity contribution in [3.05, 3.63) is 0 Å². The molecule has 0 rings (SSSR count). The van der Waals surface area contributed by atoms with E-state index in [1.54, 1.807) is 0 Å². The number of unbranched alkanes of at least 4 members (excludes halogenated alkanes) is 11. The molecule has 1 unspecified atom stereocenters. The number of carbonyl (C=O) groups is 2. The maximum Gasteiger partial charge on any atom is 0.220 e. The van der Waals surface area contributed by atoms with Gasteiger partial charge in [-0.25, -0.2) is 0 Å². The highest BCUT2D eigenvalue weighted by atomic mass is 16.1. The molecule has 3 heteroatoms. The molecule has 0 aromatic rings. The third kappa shape index (κ3) is 20.5. The molecule has 0 fully saturated rings. The lowest BCUT2D eigenvalue weighted by atomic mass is 9.88. The van der Waals surface area contributed by atoms with Crippen LogP contribution in [0.25, 0.3) is 0 Å². The molecule has 0 aromatic heterocycles. The van der Waals surface area contributed by atoms with Crippen LogP contribution >= 0.6 is 0 Å². The topological polar surface area (TPSA) is 46.2 Å². The lowest BCUT2D eigenvalue weighted by Crippen LogP contribution is -2.26. The van der Waals surface area contributed by atoms with E-state index in [4.69, 9.17) is 0 Å². The lowest BCUT2D eigenvalue weighted by molar-refractivity contribution is -0.124. The normalized spacial score (nSPS) is 12.3. The molecule has 0 saturated carbocycles. The molecule has 34 heavy (non-hydrogen) atoms. The molecule has 202 valence electrons. The van der Waals surface area contributed by atoms with Gasteiger partial charge < -0.3 is 5.32 Å². The molecular formula is C31H61NO2. The Morgan fingerprint density at radius 1 is 0.559 bits per heavy atom. The highest BCUT2D eigenvalue weighted by Crippen LogP contribution is 2.22. The van der Waals surface area contributed by atoms with Crippen molar-refractivity contribution in [2.75, 3.05) is 6.54 Å². The Labute approximate surface area is 214 Å². The number of hydrogen-bond acceptors (Lipinski definition) is 2.